The summed E-state index contributed by atoms with van der Waals surface area (Å²) in [5.74, 6) is 1.35. The number of likely N-dealkylation sites (tertiary alicyclic amines) is 1. The molecule has 0 aromatic rings. The van der Waals surface area contributed by atoms with Gasteiger partial charge in [0.05, 0.1) is 12.2 Å². The Balaban J connectivity index is 2.12. The smallest absolute Gasteiger partial charge is 0.241 e. The van der Waals surface area contributed by atoms with Gasteiger partial charge in [-0.05, 0) is 44.2 Å². The fourth-order valence-electron chi connectivity index (χ4n) is 3.78. The molecule has 4 nitrogen and oxygen atoms in total. The number of hydrogen-bond acceptors (Lipinski definition) is 3. The minimum atomic E-state index is 0.0226. The topological polar surface area (TPSA) is 35.6 Å². The molecule has 2 heterocycles. The lowest BCUT2D eigenvalue weighted by Crippen LogP contribution is -2.53. The molecular formula is C17H33N3O. The minimum Gasteiger partial charge on any atom is -0.321 e. The zero-order valence-corrected chi connectivity index (χ0v) is 14.4. The van der Waals surface area contributed by atoms with E-state index < -0.39 is 0 Å². The lowest BCUT2D eigenvalue weighted by Gasteiger charge is -2.40. The molecule has 0 aromatic heterocycles. The molecule has 0 radical (unpaired) electrons. The van der Waals surface area contributed by atoms with Crippen LogP contribution in [0.15, 0.2) is 0 Å². The Kier molecular flexibility index (Phi) is 5.67. The Bertz CT molecular complexity index is 356. The zero-order chi connectivity index (χ0) is 15.6. The second-order valence-electron chi connectivity index (χ2n) is 7.47. The van der Waals surface area contributed by atoms with Crippen molar-refractivity contribution in [1.82, 2.24) is 15.1 Å². The molecule has 0 bridgehead atoms. The van der Waals surface area contributed by atoms with Crippen LogP contribution in [0.3, 0.4) is 0 Å². The monoisotopic (exact) mass is 295 g/mol. The lowest BCUT2D eigenvalue weighted by molar-refractivity contribution is -0.134. The van der Waals surface area contributed by atoms with Crippen molar-refractivity contribution < 1.29 is 4.79 Å². The maximum atomic E-state index is 12.9. The first-order chi connectivity index (χ1) is 9.93. The van der Waals surface area contributed by atoms with Gasteiger partial charge in [-0.15, -0.1) is 0 Å². The van der Waals surface area contributed by atoms with Gasteiger partial charge in [-0.3, -0.25) is 10.1 Å². The fraction of sp³-hybridized carbons (Fsp3) is 0.941. The summed E-state index contributed by atoms with van der Waals surface area (Å²) in [6, 6.07) is 0.415. The maximum Gasteiger partial charge on any atom is 0.241 e. The molecule has 3 unspecified atom stereocenters. The first-order valence-corrected chi connectivity index (χ1v) is 8.74. The summed E-state index contributed by atoms with van der Waals surface area (Å²) in [4.78, 5) is 17.6. The van der Waals surface area contributed by atoms with Gasteiger partial charge < -0.3 is 9.80 Å². The largest absolute Gasteiger partial charge is 0.321 e. The highest BCUT2D eigenvalue weighted by Gasteiger charge is 2.44. The van der Waals surface area contributed by atoms with Gasteiger partial charge in [0.15, 0.2) is 0 Å². The van der Waals surface area contributed by atoms with Crippen LogP contribution in [-0.2, 0) is 4.79 Å². The van der Waals surface area contributed by atoms with E-state index in [0.717, 1.165) is 25.9 Å². The van der Waals surface area contributed by atoms with Crippen LogP contribution in [0.25, 0.3) is 0 Å². The molecule has 0 aliphatic carbocycles. The van der Waals surface area contributed by atoms with Crippen molar-refractivity contribution in [2.45, 2.75) is 72.1 Å². The number of likely N-dealkylation sites (N-methyl/N-ethyl adjacent to an activating group) is 1. The number of hydrogen-bond donors (Lipinski definition) is 1. The van der Waals surface area contributed by atoms with Gasteiger partial charge in [0.2, 0.25) is 5.91 Å². The van der Waals surface area contributed by atoms with Crippen LogP contribution in [0.2, 0.25) is 0 Å². The number of nitrogens with one attached hydrogen (secondary N) is 1. The van der Waals surface area contributed by atoms with E-state index in [2.05, 4.69) is 49.7 Å². The third-order valence-electron chi connectivity index (χ3n) is 4.88. The van der Waals surface area contributed by atoms with Crippen LogP contribution in [0.5, 0.6) is 0 Å². The molecular weight excluding hydrogens is 262 g/mol. The molecule has 122 valence electrons. The van der Waals surface area contributed by atoms with E-state index in [0.29, 0.717) is 23.8 Å². The van der Waals surface area contributed by atoms with Crippen LogP contribution < -0.4 is 5.32 Å². The lowest BCUT2D eigenvalue weighted by atomic mass is 10.0. The van der Waals surface area contributed by atoms with Crippen molar-refractivity contribution in [2.24, 2.45) is 11.8 Å². The van der Waals surface area contributed by atoms with Crippen molar-refractivity contribution >= 4 is 5.91 Å². The number of nitrogens with zero attached hydrogens (tertiary/aromatic N) is 2. The average molecular weight is 295 g/mol. The predicted molar refractivity (Wildman–Crippen MR) is 87.0 cm³/mol. The van der Waals surface area contributed by atoms with Crippen molar-refractivity contribution in [3.8, 4) is 0 Å². The van der Waals surface area contributed by atoms with E-state index in [1.54, 1.807) is 0 Å². The van der Waals surface area contributed by atoms with Crippen molar-refractivity contribution in [3.63, 3.8) is 0 Å². The third kappa shape index (κ3) is 3.78. The van der Waals surface area contributed by atoms with Gasteiger partial charge in [0.25, 0.3) is 0 Å². The molecule has 4 heteroatoms. The summed E-state index contributed by atoms with van der Waals surface area (Å²) >= 11 is 0. The Morgan fingerprint density at radius 2 is 2.00 bits per heavy atom. The molecule has 0 saturated carbocycles. The number of amides is 1. The normalized spacial score (nSPS) is 31.7. The van der Waals surface area contributed by atoms with Crippen LogP contribution >= 0.6 is 0 Å². The molecule has 2 aliphatic rings. The van der Waals surface area contributed by atoms with Gasteiger partial charge in [-0.1, -0.05) is 34.6 Å². The van der Waals surface area contributed by atoms with E-state index in [1.165, 1.54) is 13.0 Å². The molecule has 2 rings (SSSR count). The third-order valence-corrected chi connectivity index (χ3v) is 4.88. The Labute approximate surface area is 130 Å². The second kappa shape index (κ2) is 7.10. The summed E-state index contributed by atoms with van der Waals surface area (Å²) in [7, 11) is 0. The van der Waals surface area contributed by atoms with E-state index in [9.17, 15) is 4.79 Å². The first kappa shape index (κ1) is 16.8. The van der Waals surface area contributed by atoms with Crippen LogP contribution in [-0.4, -0.2) is 53.6 Å². The van der Waals surface area contributed by atoms with Gasteiger partial charge in [0.1, 0.15) is 0 Å². The van der Waals surface area contributed by atoms with Crippen molar-refractivity contribution in [3.05, 3.63) is 0 Å². The molecule has 2 fully saturated rings. The zero-order valence-electron chi connectivity index (χ0n) is 14.4. The maximum absolute atomic E-state index is 12.9. The van der Waals surface area contributed by atoms with Crippen LogP contribution in [0, 0.1) is 11.8 Å². The number of piperidine rings is 1. The summed E-state index contributed by atoms with van der Waals surface area (Å²) < 4.78 is 0. The van der Waals surface area contributed by atoms with Crippen molar-refractivity contribution in [1.29, 1.82) is 0 Å². The molecule has 21 heavy (non-hydrogen) atoms. The van der Waals surface area contributed by atoms with Gasteiger partial charge in [0, 0.05) is 12.6 Å². The number of carbonyl (C=O) groups excluding carboxylic acids is 1. The highest BCUT2D eigenvalue weighted by atomic mass is 16.2. The highest BCUT2D eigenvalue weighted by molar-refractivity contribution is 5.84. The average Bonchev–Trinajstić information content (AvgIpc) is 2.76. The Hall–Kier alpha value is -0.610. The standard InChI is InChI=1S/C17H33N3O/c1-6-19-9-7-8-14(11-19)20-16(13(4)5)18-15(17(20)21)10-12(2)3/h12-16,18H,6-11H2,1-5H3. The molecule has 3 atom stereocenters. The number of carbonyl (C=O) groups is 1. The molecule has 0 spiro atoms. The fourth-order valence-corrected chi connectivity index (χ4v) is 3.78. The minimum absolute atomic E-state index is 0.0226. The number of rotatable bonds is 5. The van der Waals surface area contributed by atoms with E-state index in [-0.39, 0.29) is 12.2 Å². The first-order valence-electron chi connectivity index (χ1n) is 8.74. The van der Waals surface area contributed by atoms with Crippen LogP contribution in [0.1, 0.15) is 53.9 Å². The van der Waals surface area contributed by atoms with Gasteiger partial charge in [-0.25, -0.2) is 0 Å². The summed E-state index contributed by atoms with van der Waals surface area (Å²) in [5, 5.41) is 3.61. The van der Waals surface area contributed by atoms with Gasteiger partial charge in [-0.2, -0.15) is 0 Å². The molecule has 2 saturated heterocycles. The van der Waals surface area contributed by atoms with E-state index >= 15 is 0 Å². The summed E-state index contributed by atoms with van der Waals surface area (Å²) in [6.07, 6.45) is 3.52. The predicted octanol–water partition coefficient (Wildman–Crippen LogP) is 2.30. The summed E-state index contributed by atoms with van der Waals surface area (Å²) in [6.45, 7) is 14.4. The molecule has 2 aliphatic heterocycles. The Morgan fingerprint density at radius 1 is 1.29 bits per heavy atom. The van der Waals surface area contributed by atoms with E-state index in [1.807, 2.05) is 0 Å². The van der Waals surface area contributed by atoms with Gasteiger partial charge >= 0.3 is 0 Å². The molecule has 0 aromatic carbocycles. The quantitative estimate of drug-likeness (QED) is 0.845. The Morgan fingerprint density at radius 3 is 2.57 bits per heavy atom. The molecule has 1 amide bonds. The van der Waals surface area contributed by atoms with E-state index in [4.69, 9.17) is 0 Å². The second-order valence-corrected chi connectivity index (χ2v) is 7.47. The molecule has 1 N–H and O–H groups in total. The SMILES string of the molecule is CCN1CCCC(N2C(=O)C(CC(C)C)NC2C(C)C)C1. The summed E-state index contributed by atoms with van der Waals surface area (Å²) in [5.41, 5.74) is 0. The van der Waals surface area contributed by atoms with Crippen molar-refractivity contribution in [2.75, 3.05) is 19.6 Å². The van der Waals surface area contributed by atoms with Crippen LogP contribution in [0.4, 0.5) is 0 Å². The highest BCUT2D eigenvalue weighted by Crippen LogP contribution is 2.27.